The highest BCUT2D eigenvalue weighted by Crippen LogP contribution is 2.49. The molecule has 2 N–H and O–H groups in total. The lowest BCUT2D eigenvalue weighted by Crippen LogP contribution is -2.14. The number of nitrogens with zero attached hydrogens (tertiary/aromatic N) is 3. The van der Waals surface area contributed by atoms with E-state index in [1.54, 1.807) is 6.07 Å². The van der Waals surface area contributed by atoms with E-state index in [4.69, 9.17) is 16.3 Å². The number of carbonyl (C=O) groups is 1. The summed E-state index contributed by atoms with van der Waals surface area (Å²) in [6, 6.07) is 23.4. The van der Waals surface area contributed by atoms with Gasteiger partial charge >= 0.3 is 6.09 Å². The van der Waals surface area contributed by atoms with Crippen LogP contribution in [0.3, 0.4) is 0 Å². The molecule has 0 bridgehead atoms. The van der Waals surface area contributed by atoms with Crippen molar-refractivity contribution in [2.75, 3.05) is 5.32 Å². The zero-order valence-corrected chi connectivity index (χ0v) is 19.7. The molecule has 5 rings (SSSR count). The van der Waals surface area contributed by atoms with Crippen molar-refractivity contribution >= 4 is 23.4 Å². The van der Waals surface area contributed by atoms with Gasteiger partial charge in [-0.1, -0.05) is 72.3 Å². The largest absolute Gasteiger partial charge is 0.444 e. The fraction of sp³-hybridized carbons (Fsp3) is 0.185. The summed E-state index contributed by atoms with van der Waals surface area (Å²) in [4.78, 5) is 12.4. The Labute approximate surface area is 208 Å². The highest BCUT2D eigenvalue weighted by molar-refractivity contribution is 6.31. The second kappa shape index (κ2) is 10.1. The molecule has 0 saturated heterocycles. The Morgan fingerprint density at radius 3 is 2.60 bits per heavy atom. The number of ether oxygens (including phenoxy) is 1. The summed E-state index contributed by atoms with van der Waals surface area (Å²) >= 11 is 6.47. The predicted molar refractivity (Wildman–Crippen MR) is 135 cm³/mol. The Morgan fingerprint density at radius 2 is 1.83 bits per heavy atom. The molecular weight excluding hydrogens is 462 g/mol. The van der Waals surface area contributed by atoms with E-state index in [1.807, 2.05) is 54.6 Å². The van der Waals surface area contributed by atoms with E-state index in [1.165, 1.54) is 11.1 Å². The number of aromatic nitrogens is 4. The van der Waals surface area contributed by atoms with Crippen molar-refractivity contribution in [3.8, 4) is 11.4 Å². The van der Waals surface area contributed by atoms with Crippen LogP contribution in [0.1, 0.15) is 41.4 Å². The number of anilines is 1. The number of benzene rings is 3. The van der Waals surface area contributed by atoms with Gasteiger partial charge in [-0.05, 0) is 70.8 Å². The van der Waals surface area contributed by atoms with Crippen LogP contribution in [-0.2, 0) is 11.3 Å². The first-order valence-corrected chi connectivity index (χ1v) is 11.7. The monoisotopic (exact) mass is 485 g/mol. The fourth-order valence-corrected chi connectivity index (χ4v) is 4.90. The van der Waals surface area contributed by atoms with E-state index in [0.717, 1.165) is 29.5 Å². The van der Waals surface area contributed by atoms with Crippen LogP contribution in [0.2, 0.25) is 5.02 Å². The molecule has 0 spiro atoms. The van der Waals surface area contributed by atoms with Gasteiger partial charge in [0.15, 0.2) is 0 Å². The van der Waals surface area contributed by atoms with Crippen LogP contribution in [0.15, 0.2) is 84.9 Å². The molecule has 4 aromatic rings. The Kier molecular flexibility index (Phi) is 6.59. The first-order valence-electron chi connectivity index (χ1n) is 11.3. The normalized spacial score (nSPS) is 17.3. The lowest BCUT2D eigenvalue weighted by molar-refractivity contribution is 0.155. The second-order valence-corrected chi connectivity index (χ2v) is 9.13. The van der Waals surface area contributed by atoms with Gasteiger partial charge in [-0.3, -0.25) is 5.32 Å². The summed E-state index contributed by atoms with van der Waals surface area (Å²) in [7, 11) is 0. The average Bonchev–Trinajstić information content (AvgIpc) is 3.53. The number of nitrogens with one attached hydrogen (secondary N) is 2. The van der Waals surface area contributed by atoms with Crippen molar-refractivity contribution in [1.82, 2.24) is 20.6 Å². The average molecular weight is 486 g/mol. The summed E-state index contributed by atoms with van der Waals surface area (Å²) in [5, 5.41) is 17.7. The van der Waals surface area contributed by atoms with Crippen LogP contribution < -0.4 is 5.32 Å². The molecule has 1 aromatic heterocycles. The van der Waals surface area contributed by atoms with Crippen LogP contribution in [0.4, 0.5) is 10.5 Å². The molecule has 1 heterocycles. The molecule has 3 aromatic carbocycles. The van der Waals surface area contributed by atoms with Crippen molar-refractivity contribution in [3.05, 3.63) is 107 Å². The van der Waals surface area contributed by atoms with Gasteiger partial charge in [-0.2, -0.15) is 5.21 Å². The third-order valence-corrected chi connectivity index (χ3v) is 6.45. The summed E-state index contributed by atoms with van der Waals surface area (Å²) in [5.41, 5.74) is 5.83. The van der Waals surface area contributed by atoms with Crippen LogP contribution >= 0.6 is 11.6 Å². The van der Waals surface area contributed by atoms with Crippen LogP contribution in [0, 0.1) is 0 Å². The Hall–Kier alpha value is -3.97. The van der Waals surface area contributed by atoms with E-state index < -0.39 is 6.09 Å². The molecule has 0 unspecified atom stereocenters. The van der Waals surface area contributed by atoms with E-state index in [2.05, 4.69) is 44.7 Å². The van der Waals surface area contributed by atoms with E-state index >= 15 is 0 Å². The summed E-state index contributed by atoms with van der Waals surface area (Å²) in [6.45, 7) is 4.46. The third-order valence-electron chi connectivity index (χ3n) is 6.23. The molecule has 8 heteroatoms. The first kappa shape index (κ1) is 22.8. The number of aromatic amines is 1. The highest BCUT2D eigenvalue weighted by Gasteiger charge is 2.32. The van der Waals surface area contributed by atoms with E-state index in [9.17, 15) is 4.79 Å². The van der Waals surface area contributed by atoms with Gasteiger partial charge in [0.05, 0.1) is 0 Å². The van der Waals surface area contributed by atoms with Gasteiger partial charge in [0, 0.05) is 16.3 Å². The molecular formula is C27H24ClN5O2. The number of tetrazole rings is 1. The maximum absolute atomic E-state index is 12.4. The van der Waals surface area contributed by atoms with Gasteiger partial charge in [-0.25, -0.2) is 4.79 Å². The zero-order valence-electron chi connectivity index (χ0n) is 18.9. The number of carbonyl (C=O) groups excluding carboxylic acids is 1. The fourth-order valence-electron chi connectivity index (χ4n) is 4.66. The van der Waals surface area contributed by atoms with E-state index in [0.29, 0.717) is 16.5 Å². The molecule has 1 aliphatic rings. The smallest absolute Gasteiger partial charge is 0.411 e. The minimum Gasteiger partial charge on any atom is -0.444 e. The number of halogens is 1. The quantitative estimate of drug-likeness (QED) is 0.304. The molecule has 1 saturated carbocycles. The van der Waals surface area contributed by atoms with Gasteiger partial charge in [0.25, 0.3) is 0 Å². The number of allylic oxidation sites excluding steroid dienone is 1. The molecule has 1 amide bonds. The minimum absolute atomic E-state index is 0.169. The molecule has 176 valence electrons. The van der Waals surface area contributed by atoms with Crippen molar-refractivity contribution in [2.24, 2.45) is 0 Å². The minimum atomic E-state index is -0.526. The van der Waals surface area contributed by atoms with Crippen LogP contribution in [0.25, 0.3) is 11.4 Å². The van der Waals surface area contributed by atoms with Crippen molar-refractivity contribution in [3.63, 3.8) is 0 Å². The lowest BCUT2D eigenvalue weighted by atomic mass is 9.83. The Morgan fingerprint density at radius 1 is 1.03 bits per heavy atom. The van der Waals surface area contributed by atoms with Crippen molar-refractivity contribution < 1.29 is 9.53 Å². The van der Waals surface area contributed by atoms with Gasteiger partial charge < -0.3 is 4.74 Å². The van der Waals surface area contributed by atoms with Gasteiger partial charge in [-0.15, -0.1) is 10.2 Å². The first-order chi connectivity index (χ1) is 17.0. The molecule has 2 atom stereocenters. The molecule has 35 heavy (non-hydrogen) atoms. The van der Waals surface area contributed by atoms with Gasteiger partial charge in [0.2, 0.25) is 5.82 Å². The maximum atomic E-state index is 12.4. The Bertz CT molecular complexity index is 1340. The highest BCUT2D eigenvalue weighted by atomic mass is 35.5. The number of H-pyrrole nitrogens is 1. The summed E-state index contributed by atoms with van der Waals surface area (Å²) in [6.07, 6.45) is 1.19. The molecule has 7 nitrogen and oxygen atoms in total. The molecule has 1 fully saturated rings. The molecule has 1 aliphatic carbocycles. The number of hydrogen-bond acceptors (Lipinski definition) is 5. The molecule has 0 radical (unpaired) electrons. The lowest BCUT2D eigenvalue weighted by Gasteiger charge is -2.21. The van der Waals surface area contributed by atoms with Crippen molar-refractivity contribution in [2.45, 2.75) is 31.3 Å². The summed E-state index contributed by atoms with van der Waals surface area (Å²) in [5.74, 6) is 0.941. The Balaban J connectivity index is 1.35. The van der Waals surface area contributed by atoms with Crippen molar-refractivity contribution in [1.29, 1.82) is 0 Å². The summed E-state index contributed by atoms with van der Waals surface area (Å²) < 4.78 is 5.37. The third kappa shape index (κ3) is 5.41. The second-order valence-electron chi connectivity index (χ2n) is 8.69. The topological polar surface area (TPSA) is 92.8 Å². The SMILES string of the molecule is C=C1C[C@H](c2cc(Cl)cc(NC(=O)OCc3ccccc3)c2)[C@@H](c2cccc(-c3nn[nH]n3)c2)C1. The van der Waals surface area contributed by atoms with E-state index in [-0.39, 0.29) is 18.4 Å². The number of amides is 1. The molecule has 0 aliphatic heterocycles. The number of rotatable bonds is 6. The number of hydrogen-bond donors (Lipinski definition) is 2. The maximum Gasteiger partial charge on any atom is 0.411 e. The van der Waals surface area contributed by atoms with Crippen LogP contribution in [0.5, 0.6) is 0 Å². The zero-order chi connectivity index (χ0) is 24.2. The van der Waals surface area contributed by atoms with Crippen LogP contribution in [-0.4, -0.2) is 26.7 Å². The predicted octanol–water partition coefficient (Wildman–Crippen LogP) is 6.49. The standard InChI is InChI=1S/C27H24ClN5O2/c1-17-10-24(19-8-5-9-20(12-19)26-30-32-33-31-26)25(11-17)21-13-22(28)15-23(14-21)29-27(34)35-16-18-6-3-2-4-7-18/h2-9,12-15,24-25H,1,10-11,16H2,(H,29,34)(H,30,31,32,33)/t24-,25-/m1/s1. The van der Waals surface area contributed by atoms with Gasteiger partial charge in [0.1, 0.15) is 6.61 Å².